The highest BCUT2D eigenvalue weighted by atomic mass is 16.3. The molecule has 0 amide bonds. The van der Waals surface area contributed by atoms with Gasteiger partial charge < -0.3 is 8.98 Å². The monoisotopic (exact) mass is 626 g/mol. The van der Waals surface area contributed by atoms with Gasteiger partial charge in [0.15, 0.2) is 5.58 Å². The molecule has 0 fully saturated rings. The van der Waals surface area contributed by atoms with Crippen molar-refractivity contribution in [3.63, 3.8) is 0 Å². The van der Waals surface area contributed by atoms with Gasteiger partial charge in [-0.2, -0.15) is 0 Å². The second-order valence-electron chi connectivity index (χ2n) is 12.6. The molecule has 10 aromatic rings. The Morgan fingerprint density at radius 3 is 2.06 bits per heavy atom. The number of furan rings is 1. The summed E-state index contributed by atoms with van der Waals surface area (Å²) in [6, 6.07) is 55.3. The van der Waals surface area contributed by atoms with Crippen LogP contribution in [0.15, 0.2) is 162 Å². The molecule has 228 valence electrons. The van der Waals surface area contributed by atoms with Crippen LogP contribution in [0.4, 0.5) is 17.3 Å². The average molecular weight is 627 g/mol. The summed E-state index contributed by atoms with van der Waals surface area (Å²) in [5, 5.41) is 5.62. The van der Waals surface area contributed by atoms with E-state index in [4.69, 9.17) is 14.4 Å². The van der Waals surface area contributed by atoms with E-state index in [1.54, 1.807) is 0 Å². The van der Waals surface area contributed by atoms with Crippen LogP contribution in [0.1, 0.15) is 0 Å². The summed E-state index contributed by atoms with van der Waals surface area (Å²) < 4.78 is 9.00. The number of para-hydroxylation sites is 4. The minimum Gasteiger partial charge on any atom is -0.452 e. The van der Waals surface area contributed by atoms with Crippen molar-refractivity contribution in [2.24, 2.45) is 0 Å². The molecule has 0 radical (unpaired) electrons. The van der Waals surface area contributed by atoms with Gasteiger partial charge in [0.25, 0.3) is 0 Å². The van der Waals surface area contributed by atoms with Crippen LogP contribution < -0.4 is 4.90 Å². The number of aromatic nitrogens is 3. The minimum absolute atomic E-state index is 0.604. The van der Waals surface area contributed by atoms with Crippen LogP contribution in [-0.2, 0) is 0 Å². The zero-order chi connectivity index (χ0) is 32.1. The van der Waals surface area contributed by atoms with Gasteiger partial charge in [0.05, 0.1) is 22.4 Å². The second-order valence-corrected chi connectivity index (χ2v) is 12.6. The Labute approximate surface area is 280 Å². The van der Waals surface area contributed by atoms with Crippen LogP contribution in [0.25, 0.3) is 82.7 Å². The number of hydrogen-bond donors (Lipinski definition) is 0. The van der Waals surface area contributed by atoms with E-state index in [1.807, 2.05) is 18.2 Å². The smallest absolute Gasteiger partial charge is 0.236 e. The standard InChI is InChI=1S/C44H26N4O/c1-2-15-28(16-3-1)47-35-23-8-5-18-31(35)40-33(21-12-25-37(40)47)42-43-41(32-19-6-9-26-38(32)49-43)45-44(46-42)48-34-22-7-4-17-29(34)30-20-10-13-27-14-11-24-36(48)39(27)30/h1-26H. The van der Waals surface area contributed by atoms with Crippen molar-refractivity contribution >= 4 is 72.0 Å². The maximum Gasteiger partial charge on any atom is 0.236 e. The molecule has 0 saturated heterocycles. The fraction of sp³-hybridized carbons (Fsp3) is 0. The van der Waals surface area contributed by atoms with Gasteiger partial charge in [-0.25, -0.2) is 9.97 Å². The van der Waals surface area contributed by atoms with Gasteiger partial charge in [0, 0.05) is 38.4 Å². The zero-order valence-corrected chi connectivity index (χ0v) is 26.2. The Morgan fingerprint density at radius 1 is 0.469 bits per heavy atom. The van der Waals surface area contributed by atoms with Crippen molar-refractivity contribution in [1.29, 1.82) is 0 Å². The van der Waals surface area contributed by atoms with E-state index >= 15 is 0 Å². The van der Waals surface area contributed by atoms with E-state index in [-0.39, 0.29) is 0 Å². The minimum atomic E-state index is 0.604. The van der Waals surface area contributed by atoms with E-state index in [0.717, 1.165) is 72.2 Å². The predicted octanol–water partition coefficient (Wildman–Crippen LogP) is 11.7. The van der Waals surface area contributed by atoms with E-state index in [0.29, 0.717) is 11.5 Å². The van der Waals surface area contributed by atoms with Crippen molar-refractivity contribution in [3.05, 3.63) is 158 Å². The van der Waals surface area contributed by atoms with Gasteiger partial charge in [-0.1, -0.05) is 109 Å². The highest BCUT2D eigenvalue weighted by Gasteiger charge is 2.30. The molecule has 5 heteroatoms. The van der Waals surface area contributed by atoms with Crippen LogP contribution >= 0.6 is 0 Å². The van der Waals surface area contributed by atoms with Crippen molar-refractivity contribution in [2.45, 2.75) is 0 Å². The van der Waals surface area contributed by atoms with Crippen LogP contribution in [0.3, 0.4) is 0 Å². The van der Waals surface area contributed by atoms with Gasteiger partial charge in [-0.15, -0.1) is 0 Å². The van der Waals surface area contributed by atoms with Crippen LogP contribution in [-0.4, -0.2) is 14.5 Å². The molecule has 4 heterocycles. The van der Waals surface area contributed by atoms with E-state index in [2.05, 4.69) is 149 Å². The summed E-state index contributed by atoms with van der Waals surface area (Å²) in [5.41, 5.74) is 11.9. The first kappa shape index (κ1) is 26.4. The molecule has 0 unspecified atom stereocenters. The largest absolute Gasteiger partial charge is 0.452 e. The Bertz CT molecular complexity index is 2950. The molecule has 0 bridgehead atoms. The third-order valence-electron chi connectivity index (χ3n) is 9.93. The van der Waals surface area contributed by atoms with E-state index in [9.17, 15) is 0 Å². The molecule has 0 atom stereocenters. The summed E-state index contributed by atoms with van der Waals surface area (Å²) in [7, 11) is 0. The first-order valence-corrected chi connectivity index (χ1v) is 16.5. The van der Waals surface area contributed by atoms with Crippen molar-refractivity contribution < 1.29 is 4.42 Å². The molecule has 0 saturated carbocycles. The molecule has 0 spiro atoms. The fourth-order valence-corrected chi connectivity index (χ4v) is 7.91. The lowest BCUT2D eigenvalue weighted by atomic mass is 9.91. The summed E-state index contributed by atoms with van der Waals surface area (Å²) in [4.78, 5) is 13.1. The molecule has 49 heavy (non-hydrogen) atoms. The Morgan fingerprint density at radius 2 is 1.14 bits per heavy atom. The molecule has 0 aliphatic carbocycles. The SMILES string of the molecule is c1ccc(-n2c3ccccc3c3c(-c4nc(N5c6ccccc6-c6cccc7cccc5c67)nc5c4oc4ccccc45)cccc32)cc1. The van der Waals surface area contributed by atoms with Gasteiger partial charge in [-0.3, -0.25) is 4.90 Å². The summed E-state index contributed by atoms with van der Waals surface area (Å²) in [6.07, 6.45) is 0. The van der Waals surface area contributed by atoms with Gasteiger partial charge in [0.1, 0.15) is 16.8 Å². The molecule has 11 rings (SSSR count). The molecular weight excluding hydrogens is 601 g/mol. The highest BCUT2D eigenvalue weighted by molar-refractivity contribution is 6.19. The van der Waals surface area contributed by atoms with Crippen LogP contribution in [0.5, 0.6) is 0 Å². The number of rotatable bonds is 3. The first-order chi connectivity index (χ1) is 24.3. The molecule has 5 nitrogen and oxygen atoms in total. The number of benzene rings is 7. The lowest BCUT2D eigenvalue weighted by molar-refractivity contribution is 0.667. The third-order valence-corrected chi connectivity index (χ3v) is 9.93. The lowest BCUT2D eigenvalue weighted by Gasteiger charge is -2.32. The molecule has 3 aromatic heterocycles. The number of anilines is 3. The molecule has 1 aliphatic rings. The van der Waals surface area contributed by atoms with Gasteiger partial charge in [-0.05, 0) is 59.5 Å². The number of fused-ring (bicyclic) bond motifs is 8. The van der Waals surface area contributed by atoms with Crippen molar-refractivity contribution in [2.75, 3.05) is 4.90 Å². The van der Waals surface area contributed by atoms with E-state index in [1.165, 1.54) is 16.3 Å². The van der Waals surface area contributed by atoms with Crippen molar-refractivity contribution in [3.8, 4) is 28.1 Å². The first-order valence-electron chi connectivity index (χ1n) is 16.5. The Hall–Kier alpha value is -6.72. The summed E-state index contributed by atoms with van der Waals surface area (Å²) in [5.74, 6) is 0.604. The molecule has 7 aromatic carbocycles. The molecule has 0 N–H and O–H groups in total. The second kappa shape index (κ2) is 9.89. The van der Waals surface area contributed by atoms with Gasteiger partial charge in [0.2, 0.25) is 5.95 Å². The Kier molecular flexibility index (Phi) is 5.32. The lowest BCUT2D eigenvalue weighted by Crippen LogP contribution is -2.17. The predicted molar refractivity (Wildman–Crippen MR) is 200 cm³/mol. The third kappa shape index (κ3) is 3.64. The van der Waals surface area contributed by atoms with Gasteiger partial charge >= 0.3 is 0 Å². The topological polar surface area (TPSA) is 47.1 Å². The molecule has 1 aliphatic heterocycles. The van der Waals surface area contributed by atoms with Crippen LogP contribution in [0.2, 0.25) is 0 Å². The number of nitrogens with zero attached hydrogens (tertiary/aromatic N) is 4. The highest BCUT2D eigenvalue weighted by Crippen LogP contribution is 2.51. The zero-order valence-electron chi connectivity index (χ0n) is 26.2. The normalized spacial score (nSPS) is 12.4. The Balaban J connectivity index is 1.27. The number of hydrogen-bond acceptors (Lipinski definition) is 4. The summed E-state index contributed by atoms with van der Waals surface area (Å²) >= 11 is 0. The molecular formula is C44H26N4O. The average Bonchev–Trinajstić information content (AvgIpc) is 3.71. The summed E-state index contributed by atoms with van der Waals surface area (Å²) in [6.45, 7) is 0. The fourth-order valence-electron chi connectivity index (χ4n) is 7.91. The quantitative estimate of drug-likeness (QED) is 0.196. The van der Waals surface area contributed by atoms with Crippen LogP contribution in [0, 0.1) is 0 Å². The maximum absolute atomic E-state index is 6.67. The maximum atomic E-state index is 6.67. The van der Waals surface area contributed by atoms with E-state index < -0.39 is 0 Å². The van der Waals surface area contributed by atoms with Crippen molar-refractivity contribution in [1.82, 2.24) is 14.5 Å².